The molecule has 2 unspecified atom stereocenters. The highest BCUT2D eigenvalue weighted by Crippen LogP contribution is 2.30. The largest absolute Gasteiger partial charge is 0.330 e. The van der Waals surface area contributed by atoms with Crippen LogP contribution < -0.4 is 5.73 Å². The van der Waals surface area contributed by atoms with Gasteiger partial charge in [-0.1, -0.05) is 12.8 Å². The van der Waals surface area contributed by atoms with Gasteiger partial charge < -0.3 is 5.73 Å². The Kier molecular flexibility index (Phi) is 3.94. The second kappa shape index (κ2) is 5.45. The fraction of sp³-hybridized carbons (Fsp3) is 0.692. The highest BCUT2D eigenvalue weighted by atomic mass is 16.1. The molecule has 0 radical (unpaired) electrons. The van der Waals surface area contributed by atoms with Gasteiger partial charge in [0.1, 0.15) is 5.78 Å². The lowest BCUT2D eigenvalue weighted by molar-refractivity contribution is -0.124. The summed E-state index contributed by atoms with van der Waals surface area (Å²) < 4.78 is 1.74. The van der Waals surface area contributed by atoms with Crippen molar-refractivity contribution >= 4 is 5.78 Å². The Balaban J connectivity index is 1.98. The third-order valence-electron chi connectivity index (χ3n) is 3.76. The molecule has 1 heterocycles. The number of carbonyl (C=O) groups is 1. The lowest BCUT2D eigenvalue weighted by atomic mass is 9.76. The summed E-state index contributed by atoms with van der Waals surface area (Å²) in [6, 6.07) is 0. The van der Waals surface area contributed by atoms with Gasteiger partial charge in [0, 0.05) is 25.6 Å². The first-order valence-electron chi connectivity index (χ1n) is 6.41. The van der Waals surface area contributed by atoms with E-state index in [0.29, 0.717) is 24.7 Å². The van der Waals surface area contributed by atoms with Gasteiger partial charge >= 0.3 is 0 Å². The van der Waals surface area contributed by atoms with E-state index < -0.39 is 0 Å². The highest BCUT2D eigenvalue weighted by Gasteiger charge is 2.29. The number of carbonyl (C=O) groups excluding carboxylic acids is 1. The minimum atomic E-state index is 0.175. The number of aryl methyl sites for hydroxylation is 1. The Hall–Kier alpha value is -1.16. The molecule has 17 heavy (non-hydrogen) atoms. The molecule has 1 aromatic rings. The molecule has 0 bridgehead atoms. The van der Waals surface area contributed by atoms with E-state index in [1.807, 2.05) is 13.2 Å². The van der Waals surface area contributed by atoms with Gasteiger partial charge in [-0.15, -0.1) is 0 Å². The Morgan fingerprint density at radius 3 is 2.94 bits per heavy atom. The van der Waals surface area contributed by atoms with Crippen molar-refractivity contribution in [3.8, 4) is 0 Å². The molecule has 0 saturated heterocycles. The Bertz CT molecular complexity index is 386. The Morgan fingerprint density at radius 2 is 2.29 bits per heavy atom. The number of nitrogens with zero attached hydrogens (tertiary/aromatic N) is 2. The molecule has 2 rings (SSSR count). The Labute approximate surface area is 102 Å². The monoisotopic (exact) mass is 235 g/mol. The third kappa shape index (κ3) is 2.94. The smallest absolute Gasteiger partial charge is 0.140 e. The molecule has 0 aliphatic heterocycles. The van der Waals surface area contributed by atoms with Crippen LogP contribution in [0.4, 0.5) is 0 Å². The van der Waals surface area contributed by atoms with E-state index in [1.54, 1.807) is 10.9 Å². The second-order valence-electron chi connectivity index (χ2n) is 5.05. The number of ketones is 1. The predicted octanol–water partition coefficient (Wildman–Crippen LogP) is 1.30. The maximum Gasteiger partial charge on any atom is 0.140 e. The highest BCUT2D eigenvalue weighted by molar-refractivity contribution is 5.83. The van der Waals surface area contributed by atoms with Gasteiger partial charge in [0.15, 0.2) is 0 Å². The van der Waals surface area contributed by atoms with Gasteiger partial charge in [-0.25, -0.2) is 0 Å². The minimum absolute atomic E-state index is 0.175. The number of nitrogens with two attached hydrogens (primary N) is 1. The molecule has 0 aromatic carbocycles. The third-order valence-corrected chi connectivity index (χ3v) is 3.76. The van der Waals surface area contributed by atoms with Crippen LogP contribution in [0.25, 0.3) is 0 Å². The van der Waals surface area contributed by atoms with E-state index >= 15 is 0 Å². The van der Waals surface area contributed by atoms with Gasteiger partial charge in [0.2, 0.25) is 0 Å². The lowest BCUT2D eigenvalue weighted by Gasteiger charge is -2.29. The fourth-order valence-electron chi connectivity index (χ4n) is 2.81. The molecule has 1 fully saturated rings. The maximum atomic E-state index is 12.3. The summed E-state index contributed by atoms with van der Waals surface area (Å²) in [7, 11) is 1.87. The predicted molar refractivity (Wildman–Crippen MR) is 66.4 cm³/mol. The first kappa shape index (κ1) is 12.3. The summed E-state index contributed by atoms with van der Waals surface area (Å²) in [5.41, 5.74) is 6.77. The number of rotatable bonds is 4. The molecule has 4 nitrogen and oxygen atoms in total. The molecule has 4 heteroatoms. The summed E-state index contributed by atoms with van der Waals surface area (Å²) in [5, 5.41) is 4.09. The zero-order valence-electron chi connectivity index (χ0n) is 10.4. The summed E-state index contributed by atoms with van der Waals surface area (Å²) in [6.45, 7) is 0.642. The van der Waals surface area contributed by atoms with Crippen molar-refractivity contribution in [2.75, 3.05) is 6.54 Å². The van der Waals surface area contributed by atoms with E-state index in [1.165, 1.54) is 12.8 Å². The van der Waals surface area contributed by atoms with Crippen molar-refractivity contribution in [2.45, 2.75) is 32.1 Å². The topological polar surface area (TPSA) is 60.9 Å². The van der Waals surface area contributed by atoms with Crippen LogP contribution >= 0.6 is 0 Å². The van der Waals surface area contributed by atoms with E-state index in [9.17, 15) is 4.79 Å². The molecule has 1 aliphatic carbocycles. The summed E-state index contributed by atoms with van der Waals surface area (Å²) >= 11 is 0. The SMILES string of the molecule is Cn1cc(CC(=O)C2CCCCC2CN)cn1. The van der Waals surface area contributed by atoms with Crippen LogP contribution in [0.2, 0.25) is 0 Å². The molecule has 0 amide bonds. The minimum Gasteiger partial charge on any atom is -0.330 e. The molecular formula is C13H21N3O. The van der Waals surface area contributed by atoms with E-state index in [-0.39, 0.29) is 5.92 Å². The second-order valence-corrected chi connectivity index (χ2v) is 5.05. The summed E-state index contributed by atoms with van der Waals surface area (Å²) in [5.74, 6) is 0.912. The first-order valence-corrected chi connectivity index (χ1v) is 6.41. The molecule has 1 aromatic heterocycles. The van der Waals surface area contributed by atoms with Crippen molar-refractivity contribution in [1.82, 2.24) is 9.78 Å². The average Bonchev–Trinajstić information content (AvgIpc) is 2.74. The quantitative estimate of drug-likeness (QED) is 0.855. The van der Waals surface area contributed by atoms with Crippen LogP contribution in [-0.4, -0.2) is 22.1 Å². The summed E-state index contributed by atoms with van der Waals surface area (Å²) in [6.07, 6.45) is 8.71. The normalized spacial score (nSPS) is 24.8. The van der Waals surface area contributed by atoms with Crippen molar-refractivity contribution in [1.29, 1.82) is 0 Å². The Morgan fingerprint density at radius 1 is 1.53 bits per heavy atom. The van der Waals surface area contributed by atoms with Crippen LogP contribution in [0.3, 0.4) is 0 Å². The summed E-state index contributed by atoms with van der Waals surface area (Å²) in [4.78, 5) is 12.3. The van der Waals surface area contributed by atoms with E-state index in [0.717, 1.165) is 18.4 Å². The van der Waals surface area contributed by atoms with Crippen molar-refractivity contribution in [3.05, 3.63) is 18.0 Å². The van der Waals surface area contributed by atoms with Crippen molar-refractivity contribution < 1.29 is 4.79 Å². The van der Waals surface area contributed by atoms with Gasteiger partial charge in [-0.2, -0.15) is 5.10 Å². The van der Waals surface area contributed by atoms with E-state index in [4.69, 9.17) is 5.73 Å². The molecular weight excluding hydrogens is 214 g/mol. The van der Waals surface area contributed by atoms with Gasteiger partial charge in [-0.05, 0) is 30.9 Å². The van der Waals surface area contributed by atoms with Crippen molar-refractivity contribution in [3.63, 3.8) is 0 Å². The maximum absolute atomic E-state index is 12.3. The number of Topliss-reactive ketones (excluding diaryl/α,β-unsaturated/α-hetero) is 1. The van der Waals surface area contributed by atoms with Gasteiger partial charge in [-0.3, -0.25) is 9.48 Å². The molecule has 94 valence electrons. The fourth-order valence-corrected chi connectivity index (χ4v) is 2.81. The standard InChI is InChI=1S/C13H21N3O/c1-16-9-10(8-15-16)6-13(17)12-5-3-2-4-11(12)7-14/h8-9,11-12H,2-7,14H2,1H3. The molecule has 1 saturated carbocycles. The molecule has 2 N–H and O–H groups in total. The average molecular weight is 235 g/mol. The first-order chi connectivity index (χ1) is 8.20. The number of hydrogen-bond donors (Lipinski definition) is 1. The van der Waals surface area contributed by atoms with Crippen LogP contribution in [0.15, 0.2) is 12.4 Å². The molecule has 0 spiro atoms. The zero-order chi connectivity index (χ0) is 12.3. The van der Waals surface area contributed by atoms with E-state index in [2.05, 4.69) is 5.10 Å². The van der Waals surface area contributed by atoms with Gasteiger partial charge in [0.25, 0.3) is 0 Å². The molecule has 1 aliphatic rings. The van der Waals surface area contributed by atoms with Crippen molar-refractivity contribution in [2.24, 2.45) is 24.6 Å². The van der Waals surface area contributed by atoms with Crippen LogP contribution in [0.5, 0.6) is 0 Å². The number of aromatic nitrogens is 2. The van der Waals surface area contributed by atoms with Crippen LogP contribution in [0, 0.1) is 11.8 Å². The zero-order valence-corrected chi connectivity index (χ0v) is 10.4. The van der Waals surface area contributed by atoms with Gasteiger partial charge in [0.05, 0.1) is 6.20 Å². The molecule has 2 atom stereocenters. The van der Waals surface area contributed by atoms with Crippen LogP contribution in [0.1, 0.15) is 31.2 Å². The lowest BCUT2D eigenvalue weighted by Crippen LogP contribution is -2.33. The van der Waals surface area contributed by atoms with Crippen LogP contribution in [-0.2, 0) is 18.3 Å². The number of hydrogen-bond acceptors (Lipinski definition) is 3.